The molecule has 0 aliphatic carbocycles. The second kappa shape index (κ2) is 6.02. The molecular formula is C11H24N2O. The van der Waals surface area contributed by atoms with E-state index in [0.717, 1.165) is 0 Å². The number of hydrogen-bond acceptors (Lipinski definition) is 2. The highest BCUT2D eigenvalue weighted by Gasteiger charge is 2.17. The zero-order valence-electron chi connectivity index (χ0n) is 10.0. The first-order chi connectivity index (χ1) is 6.36. The lowest BCUT2D eigenvalue weighted by molar-refractivity contribution is -0.125. The summed E-state index contributed by atoms with van der Waals surface area (Å²) in [6, 6.07) is 0.0540. The quantitative estimate of drug-likeness (QED) is 0.704. The fourth-order valence-corrected chi connectivity index (χ4v) is 0.918. The highest BCUT2D eigenvalue weighted by Crippen LogP contribution is 2.09. The summed E-state index contributed by atoms with van der Waals surface area (Å²) in [6.07, 6.45) is 0. The van der Waals surface area contributed by atoms with Crippen molar-refractivity contribution in [3.05, 3.63) is 0 Å². The van der Waals surface area contributed by atoms with Crippen molar-refractivity contribution < 1.29 is 4.79 Å². The second-order valence-electron chi connectivity index (χ2n) is 4.69. The molecule has 0 aliphatic rings. The zero-order valence-corrected chi connectivity index (χ0v) is 10.0. The highest BCUT2D eigenvalue weighted by atomic mass is 16.1. The van der Waals surface area contributed by atoms with Gasteiger partial charge < -0.3 is 11.1 Å². The van der Waals surface area contributed by atoms with Crippen molar-refractivity contribution in [3.63, 3.8) is 0 Å². The van der Waals surface area contributed by atoms with Crippen molar-refractivity contribution in [2.75, 3.05) is 6.54 Å². The van der Waals surface area contributed by atoms with Crippen LogP contribution >= 0.6 is 0 Å². The maximum Gasteiger partial charge on any atom is 0.223 e. The Hall–Kier alpha value is -0.570. The van der Waals surface area contributed by atoms with Crippen LogP contribution in [0.15, 0.2) is 0 Å². The fraction of sp³-hybridized carbons (Fsp3) is 0.909. The van der Waals surface area contributed by atoms with E-state index >= 15 is 0 Å². The van der Waals surface area contributed by atoms with Crippen molar-refractivity contribution in [1.29, 1.82) is 0 Å². The molecule has 2 atom stereocenters. The lowest BCUT2D eigenvalue weighted by Crippen LogP contribution is -2.42. The number of amides is 1. The van der Waals surface area contributed by atoms with E-state index < -0.39 is 0 Å². The maximum atomic E-state index is 11.5. The summed E-state index contributed by atoms with van der Waals surface area (Å²) in [6.45, 7) is 10.7. The van der Waals surface area contributed by atoms with Crippen LogP contribution in [0.1, 0.15) is 34.6 Å². The van der Waals surface area contributed by atoms with Crippen molar-refractivity contribution in [2.24, 2.45) is 23.5 Å². The average molecular weight is 200 g/mol. The number of hydrogen-bond donors (Lipinski definition) is 2. The van der Waals surface area contributed by atoms with Crippen LogP contribution in [0.5, 0.6) is 0 Å². The van der Waals surface area contributed by atoms with E-state index in [1.165, 1.54) is 0 Å². The molecule has 0 fully saturated rings. The largest absolute Gasteiger partial charge is 0.354 e. The molecule has 0 rings (SSSR count). The van der Waals surface area contributed by atoms with Gasteiger partial charge in [0.1, 0.15) is 0 Å². The molecule has 14 heavy (non-hydrogen) atoms. The van der Waals surface area contributed by atoms with E-state index in [1.54, 1.807) is 0 Å². The van der Waals surface area contributed by atoms with Crippen molar-refractivity contribution >= 4 is 5.91 Å². The van der Waals surface area contributed by atoms with Gasteiger partial charge in [0, 0.05) is 18.5 Å². The Bertz CT molecular complexity index is 178. The van der Waals surface area contributed by atoms with Crippen LogP contribution < -0.4 is 11.1 Å². The molecule has 0 aromatic rings. The zero-order chi connectivity index (χ0) is 11.3. The predicted molar refractivity (Wildman–Crippen MR) is 59.8 cm³/mol. The lowest BCUT2D eigenvalue weighted by Gasteiger charge is -2.19. The Labute approximate surface area is 87.4 Å². The SMILES string of the molecule is CC(C)C(N)CNC(=O)C(C)C(C)C. The third-order valence-electron chi connectivity index (χ3n) is 2.78. The number of nitrogens with one attached hydrogen (secondary N) is 1. The average Bonchev–Trinajstić information content (AvgIpc) is 2.11. The topological polar surface area (TPSA) is 55.1 Å². The first-order valence-electron chi connectivity index (χ1n) is 5.39. The monoisotopic (exact) mass is 200 g/mol. The minimum atomic E-state index is 0.0540. The van der Waals surface area contributed by atoms with Crippen LogP contribution in [0.2, 0.25) is 0 Å². The number of rotatable bonds is 5. The van der Waals surface area contributed by atoms with Crippen LogP contribution in [0.3, 0.4) is 0 Å². The minimum absolute atomic E-state index is 0.0540. The van der Waals surface area contributed by atoms with E-state index in [0.29, 0.717) is 18.4 Å². The van der Waals surface area contributed by atoms with Gasteiger partial charge in [-0.2, -0.15) is 0 Å². The summed E-state index contributed by atoms with van der Waals surface area (Å²) < 4.78 is 0. The first-order valence-corrected chi connectivity index (χ1v) is 5.39. The molecule has 2 unspecified atom stereocenters. The van der Waals surface area contributed by atoms with Gasteiger partial charge in [-0.05, 0) is 11.8 Å². The van der Waals surface area contributed by atoms with E-state index in [1.807, 2.05) is 20.8 Å². The number of nitrogens with two attached hydrogens (primary N) is 1. The van der Waals surface area contributed by atoms with Gasteiger partial charge in [-0.25, -0.2) is 0 Å². The standard InChI is InChI=1S/C11H24N2O/c1-7(2)9(5)11(14)13-6-10(12)8(3)4/h7-10H,6,12H2,1-5H3,(H,13,14). The molecule has 0 radical (unpaired) electrons. The molecule has 0 aromatic heterocycles. The third-order valence-corrected chi connectivity index (χ3v) is 2.78. The summed E-state index contributed by atoms with van der Waals surface area (Å²) in [7, 11) is 0. The molecule has 0 aliphatic heterocycles. The van der Waals surface area contributed by atoms with Crippen LogP contribution in [-0.4, -0.2) is 18.5 Å². The Balaban J connectivity index is 3.85. The summed E-state index contributed by atoms with van der Waals surface area (Å²) in [5.41, 5.74) is 5.83. The minimum Gasteiger partial charge on any atom is -0.354 e. The summed E-state index contributed by atoms with van der Waals surface area (Å²) in [5.74, 6) is 0.959. The molecule has 84 valence electrons. The van der Waals surface area contributed by atoms with Gasteiger partial charge in [-0.15, -0.1) is 0 Å². The summed E-state index contributed by atoms with van der Waals surface area (Å²) in [4.78, 5) is 11.5. The van der Waals surface area contributed by atoms with E-state index in [-0.39, 0.29) is 17.9 Å². The van der Waals surface area contributed by atoms with Gasteiger partial charge >= 0.3 is 0 Å². The molecule has 0 spiro atoms. The summed E-state index contributed by atoms with van der Waals surface area (Å²) >= 11 is 0. The maximum absolute atomic E-state index is 11.5. The molecule has 0 aromatic carbocycles. The number of carbonyl (C=O) groups excluding carboxylic acids is 1. The van der Waals surface area contributed by atoms with Crippen LogP contribution in [0.25, 0.3) is 0 Å². The molecule has 0 heterocycles. The van der Waals surface area contributed by atoms with Gasteiger partial charge in [-0.1, -0.05) is 34.6 Å². The molecule has 3 heteroatoms. The number of carbonyl (C=O) groups is 1. The fourth-order valence-electron chi connectivity index (χ4n) is 0.918. The lowest BCUT2D eigenvalue weighted by atomic mass is 9.97. The molecule has 0 saturated carbocycles. The van der Waals surface area contributed by atoms with Crippen LogP contribution in [0.4, 0.5) is 0 Å². The van der Waals surface area contributed by atoms with Crippen molar-refractivity contribution in [2.45, 2.75) is 40.7 Å². The van der Waals surface area contributed by atoms with Crippen molar-refractivity contribution in [1.82, 2.24) is 5.32 Å². The Morgan fingerprint density at radius 1 is 1.14 bits per heavy atom. The molecule has 0 bridgehead atoms. The van der Waals surface area contributed by atoms with Gasteiger partial charge in [0.15, 0.2) is 0 Å². The molecular weight excluding hydrogens is 176 g/mol. The first kappa shape index (κ1) is 13.4. The third kappa shape index (κ3) is 4.61. The molecule has 1 amide bonds. The van der Waals surface area contributed by atoms with E-state index in [2.05, 4.69) is 19.2 Å². The van der Waals surface area contributed by atoms with Gasteiger partial charge in [-0.3, -0.25) is 4.79 Å². The molecule has 3 N–H and O–H groups in total. The Morgan fingerprint density at radius 2 is 1.64 bits per heavy atom. The van der Waals surface area contributed by atoms with Crippen LogP contribution in [-0.2, 0) is 4.79 Å². The van der Waals surface area contributed by atoms with E-state index in [4.69, 9.17) is 5.73 Å². The molecule has 0 saturated heterocycles. The van der Waals surface area contributed by atoms with E-state index in [9.17, 15) is 4.79 Å². The van der Waals surface area contributed by atoms with Gasteiger partial charge in [0.25, 0.3) is 0 Å². The van der Waals surface area contributed by atoms with Crippen LogP contribution in [0, 0.1) is 17.8 Å². The second-order valence-corrected chi connectivity index (χ2v) is 4.69. The van der Waals surface area contributed by atoms with Gasteiger partial charge in [0.2, 0.25) is 5.91 Å². The predicted octanol–water partition coefficient (Wildman–Crippen LogP) is 1.38. The Kier molecular flexibility index (Phi) is 5.77. The van der Waals surface area contributed by atoms with Crippen molar-refractivity contribution in [3.8, 4) is 0 Å². The smallest absolute Gasteiger partial charge is 0.223 e. The highest BCUT2D eigenvalue weighted by molar-refractivity contribution is 5.78. The van der Waals surface area contributed by atoms with Gasteiger partial charge in [0.05, 0.1) is 0 Å². The Morgan fingerprint density at radius 3 is 2.00 bits per heavy atom. The molecule has 3 nitrogen and oxygen atoms in total. The summed E-state index contributed by atoms with van der Waals surface area (Å²) in [5, 5.41) is 2.88. The normalized spacial score (nSPS) is 15.7.